The summed E-state index contributed by atoms with van der Waals surface area (Å²) in [6, 6.07) is 10.2. The van der Waals surface area contributed by atoms with E-state index in [1.165, 1.54) is 0 Å². The van der Waals surface area contributed by atoms with Gasteiger partial charge in [-0.3, -0.25) is 67.1 Å². The molecule has 2 aromatic carbocycles. The van der Waals surface area contributed by atoms with E-state index in [2.05, 4.69) is 31.9 Å². The predicted octanol–water partition coefficient (Wildman–Crippen LogP) is -2.74. The zero-order chi connectivity index (χ0) is 63.4. The minimum absolute atomic E-state index is 0.0153. The molecule has 30 heteroatoms. The van der Waals surface area contributed by atoms with E-state index in [1.807, 2.05) is 0 Å². The van der Waals surface area contributed by atoms with E-state index in [0.717, 1.165) is 55.4 Å². The van der Waals surface area contributed by atoms with E-state index >= 15 is 0 Å². The summed E-state index contributed by atoms with van der Waals surface area (Å²) in [5.74, 6) is -11.1. The largest absolute Gasteiger partial charge is 0.463 e. The molecular formula is C56H70N6O24. The fourth-order valence-corrected chi connectivity index (χ4v) is 9.50. The molecule has 86 heavy (non-hydrogen) atoms. The standard InChI is InChI=1S/C56H70N6O24/c1-27(63)77-25-43-51(81-31(5)67)53(83-33(7)69)49(79-29(3)65)41(85-43)19-37-13-9-35(10-14-37)17-39-55(75)59-21-45(71)58-24-48(74)62-40(56(76)60-22-46(72)57-23-47(73)61-39)18-36-11-15-38(16-12-36)20-42-50(80-30(4)66)54(84-34(8)70)52(82-32(6)68)44(86-42)26-78-28(2)64/h9-16,39-44,49-54H,17-26H2,1-8H3,(H,57,72)(H,58,71)(H,59,75)(H,60,76)(H,61,73)(H,62,74)/t39-,40-,41+,42+,43+,44+,49+,50+,51+,52+,53+,54+/m0/s1. The lowest BCUT2D eigenvalue weighted by molar-refractivity contribution is -0.252. The van der Waals surface area contributed by atoms with Crippen LogP contribution in [0.4, 0.5) is 0 Å². The first-order valence-corrected chi connectivity index (χ1v) is 27.1. The third kappa shape index (κ3) is 21.8. The Hall–Kier alpha value is -9.06. The molecule has 0 radical (unpaired) electrons. The minimum Gasteiger partial charge on any atom is -0.463 e. The van der Waals surface area contributed by atoms with Gasteiger partial charge in [0, 0.05) is 81.1 Å². The van der Waals surface area contributed by atoms with Gasteiger partial charge < -0.3 is 79.3 Å². The van der Waals surface area contributed by atoms with Crippen LogP contribution in [-0.2, 0) is 140 Å². The Morgan fingerprint density at radius 3 is 0.884 bits per heavy atom. The second kappa shape index (κ2) is 32.3. The fraction of sp³-hybridized carbons (Fsp3) is 0.536. The monoisotopic (exact) mass is 1210 g/mol. The van der Waals surface area contributed by atoms with E-state index in [-0.39, 0.29) is 25.7 Å². The van der Waals surface area contributed by atoms with Crippen molar-refractivity contribution in [1.82, 2.24) is 31.9 Å². The zero-order valence-corrected chi connectivity index (χ0v) is 48.4. The number of nitrogens with one attached hydrogen (secondary N) is 6. The van der Waals surface area contributed by atoms with Gasteiger partial charge in [-0.25, -0.2) is 0 Å². The molecule has 3 saturated heterocycles. The van der Waals surface area contributed by atoms with Crippen LogP contribution in [-0.4, -0.2) is 196 Å². The quantitative estimate of drug-likeness (QED) is 0.0651. The molecule has 0 saturated carbocycles. The first-order valence-electron chi connectivity index (χ1n) is 27.1. The Labute approximate surface area is 492 Å². The van der Waals surface area contributed by atoms with E-state index < -0.39 is 196 Å². The molecule has 2 aromatic rings. The normalized spacial score (nSPS) is 25.8. The molecule has 3 heterocycles. The molecule has 3 fully saturated rings. The van der Waals surface area contributed by atoms with Gasteiger partial charge in [-0.2, -0.15) is 0 Å². The molecule has 468 valence electrons. The molecule has 0 aliphatic carbocycles. The van der Waals surface area contributed by atoms with Gasteiger partial charge in [-0.1, -0.05) is 48.5 Å². The number of rotatable bonds is 18. The van der Waals surface area contributed by atoms with Crippen molar-refractivity contribution in [2.45, 2.75) is 154 Å². The molecule has 3 aliphatic rings. The van der Waals surface area contributed by atoms with E-state index in [4.69, 9.17) is 47.4 Å². The summed E-state index contributed by atoms with van der Waals surface area (Å²) in [4.78, 5) is 177. The Morgan fingerprint density at radius 2 is 0.605 bits per heavy atom. The van der Waals surface area contributed by atoms with Crippen molar-refractivity contribution in [1.29, 1.82) is 0 Å². The van der Waals surface area contributed by atoms with E-state index in [0.29, 0.717) is 22.3 Å². The fourth-order valence-electron chi connectivity index (χ4n) is 9.50. The number of carbonyl (C=O) groups excluding carboxylic acids is 14. The highest BCUT2D eigenvalue weighted by Crippen LogP contribution is 2.33. The molecule has 0 aromatic heterocycles. The maximum Gasteiger partial charge on any atom is 0.303 e. The maximum absolute atomic E-state index is 13.6. The zero-order valence-electron chi connectivity index (χ0n) is 48.4. The van der Waals surface area contributed by atoms with Crippen LogP contribution >= 0.6 is 0 Å². The van der Waals surface area contributed by atoms with Gasteiger partial charge in [0.1, 0.15) is 49.7 Å². The Kier molecular flexibility index (Phi) is 25.4. The second-order valence-corrected chi connectivity index (χ2v) is 20.2. The average Bonchev–Trinajstić information content (AvgIpc) is 3.54. The van der Waals surface area contributed by atoms with Crippen LogP contribution in [0.5, 0.6) is 0 Å². The third-order valence-corrected chi connectivity index (χ3v) is 13.0. The van der Waals surface area contributed by atoms with Crippen LogP contribution in [0, 0.1) is 0 Å². The predicted molar refractivity (Wildman–Crippen MR) is 288 cm³/mol. The van der Waals surface area contributed by atoms with Crippen LogP contribution in [0.3, 0.4) is 0 Å². The Morgan fingerprint density at radius 1 is 0.349 bits per heavy atom. The number of carbonyl (C=O) groups is 14. The molecule has 3 aliphatic heterocycles. The first-order chi connectivity index (χ1) is 40.6. The Bertz CT molecular complexity index is 2660. The highest BCUT2D eigenvalue weighted by molar-refractivity contribution is 5.95. The summed E-state index contributed by atoms with van der Waals surface area (Å²) in [6.45, 7) is 5.39. The van der Waals surface area contributed by atoms with Gasteiger partial charge >= 0.3 is 47.8 Å². The van der Waals surface area contributed by atoms with Gasteiger partial charge in [-0.05, 0) is 22.3 Å². The third-order valence-electron chi connectivity index (χ3n) is 13.0. The summed E-state index contributed by atoms with van der Waals surface area (Å²) < 4.78 is 55.8. The second-order valence-electron chi connectivity index (χ2n) is 20.2. The number of amides is 6. The maximum atomic E-state index is 13.6. The van der Waals surface area contributed by atoms with E-state index in [1.54, 1.807) is 48.5 Å². The van der Waals surface area contributed by atoms with Crippen molar-refractivity contribution >= 4 is 83.2 Å². The number of benzene rings is 2. The number of esters is 8. The lowest BCUT2D eigenvalue weighted by Gasteiger charge is -2.44. The van der Waals surface area contributed by atoms with Crippen LogP contribution in [0.1, 0.15) is 77.6 Å². The van der Waals surface area contributed by atoms with Gasteiger partial charge in [0.15, 0.2) is 36.6 Å². The van der Waals surface area contributed by atoms with Crippen molar-refractivity contribution in [3.8, 4) is 0 Å². The summed E-state index contributed by atoms with van der Waals surface area (Å²) in [5, 5.41) is 14.6. The average molecular weight is 1210 g/mol. The van der Waals surface area contributed by atoms with Gasteiger partial charge in [-0.15, -0.1) is 0 Å². The van der Waals surface area contributed by atoms with Crippen LogP contribution < -0.4 is 31.9 Å². The van der Waals surface area contributed by atoms with Crippen molar-refractivity contribution in [2.24, 2.45) is 0 Å². The lowest BCUT2D eigenvalue weighted by Crippen LogP contribution is -2.62. The minimum atomic E-state index is -1.39. The SMILES string of the molecule is CC(=O)OC[C@H]1O[C@H](Cc2ccc(C[C@@H]3NC(=O)CNC(=O)CNC(=O)[C@H](Cc4ccc(C[C@H]5O[C@H](COC(C)=O)[C@@H](OC(C)=O)[C@H](OC(C)=O)[C@@H]5OC(C)=O)cc4)NC(=O)CNC(=O)CNC3=O)cc2)[C@@H](OC(C)=O)[C@@H](OC(C)=O)[C@@H]1OC(C)=O. The lowest BCUT2D eigenvalue weighted by atomic mass is 9.90. The summed E-state index contributed by atoms with van der Waals surface area (Å²) in [5.41, 5.74) is 2.05. The summed E-state index contributed by atoms with van der Waals surface area (Å²) in [7, 11) is 0. The Balaban J connectivity index is 1.26. The van der Waals surface area contributed by atoms with Gasteiger partial charge in [0.25, 0.3) is 0 Å². The highest BCUT2D eigenvalue weighted by atomic mass is 16.7. The molecule has 0 spiro atoms. The smallest absolute Gasteiger partial charge is 0.303 e. The first kappa shape index (κ1) is 67.7. The molecule has 30 nitrogen and oxygen atoms in total. The molecule has 6 N–H and O–H groups in total. The molecular weight excluding hydrogens is 1140 g/mol. The molecule has 12 atom stereocenters. The topological polar surface area (TPSA) is 403 Å². The van der Waals surface area contributed by atoms with E-state index in [9.17, 15) is 67.1 Å². The van der Waals surface area contributed by atoms with Crippen molar-refractivity contribution < 1.29 is 114 Å². The van der Waals surface area contributed by atoms with Crippen molar-refractivity contribution in [3.05, 3.63) is 70.8 Å². The van der Waals surface area contributed by atoms with Crippen LogP contribution in [0.15, 0.2) is 48.5 Å². The number of ether oxygens (including phenoxy) is 10. The van der Waals surface area contributed by atoms with Crippen molar-refractivity contribution in [2.75, 3.05) is 39.4 Å². The number of hydrogen-bond acceptors (Lipinski definition) is 24. The van der Waals surface area contributed by atoms with Crippen LogP contribution in [0.25, 0.3) is 0 Å². The molecule has 5 rings (SSSR count). The van der Waals surface area contributed by atoms with Gasteiger partial charge in [0.05, 0.1) is 26.2 Å². The van der Waals surface area contributed by atoms with Crippen molar-refractivity contribution in [3.63, 3.8) is 0 Å². The van der Waals surface area contributed by atoms with Gasteiger partial charge in [0.2, 0.25) is 35.4 Å². The molecule has 0 unspecified atom stereocenters. The highest BCUT2D eigenvalue weighted by Gasteiger charge is 2.53. The summed E-state index contributed by atoms with van der Waals surface area (Å²) >= 11 is 0. The molecule has 0 bridgehead atoms. The molecule has 6 amide bonds. The number of hydrogen-bond donors (Lipinski definition) is 6. The van der Waals surface area contributed by atoms with Crippen LogP contribution in [0.2, 0.25) is 0 Å². The summed E-state index contributed by atoms with van der Waals surface area (Å²) in [6.07, 6.45) is -13.0.